The Bertz CT molecular complexity index is 946. The van der Waals surface area contributed by atoms with Crippen molar-refractivity contribution in [1.82, 2.24) is 0 Å². The van der Waals surface area contributed by atoms with Crippen LogP contribution in [0.25, 0.3) is 5.57 Å². The maximum absolute atomic E-state index is 10.7. The Labute approximate surface area is 218 Å². The molecule has 4 rings (SSSR count). The minimum atomic E-state index is -0.363. The first kappa shape index (κ1) is 26.8. The van der Waals surface area contributed by atoms with Crippen molar-refractivity contribution in [2.75, 3.05) is 10.1 Å². The van der Waals surface area contributed by atoms with Gasteiger partial charge in [0.05, 0.1) is 22.5 Å². The highest BCUT2D eigenvalue weighted by Crippen LogP contribution is 2.47. The summed E-state index contributed by atoms with van der Waals surface area (Å²) in [6, 6.07) is 16.9. The molecule has 2 saturated carbocycles. The molecule has 2 aromatic carbocycles. The third kappa shape index (κ3) is 5.81. The van der Waals surface area contributed by atoms with Gasteiger partial charge >= 0.3 is 0 Å². The molecule has 2 aliphatic carbocycles. The van der Waals surface area contributed by atoms with E-state index >= 15 is 0 Å². The van der Waals surface area contributed by atoms with Crippen LogP contribution in [0.4, 0.5) is 11.4 Å². The molecule has 2 aliphatic rings. The highest BCUT2D eigenvalue weighted by Gasteiger charge is 2.31. The van der Waals surface area contributed by atoms with E-state index in [1.165, 1.54) is 78.2 Å². The SMILES string of the molecule is CC(C)(C)N(O)c1ccc(C(=C2C3CCCCC2CCCC3)c2ccc(N(O)C(C)(C)C)cc2)cc1. The van der Waals surface area contributed by atoms with E-state index < -0.39 is 0 Å². The summed E-state index contributed by atoms with van der Waals surface area (Å²) in [7, 11) is 0. The highest BCUT2D eigenvalue weighted by atomic mass is 16.5. The third-order valence-corrected chi connectivity index (χ3v) is 7.95. The van der Waals surface area contributed by atoms with Crippen molar-refractivity contribution in [1.29, 1.82) is 0 Å². The molecule has 4 nitrogen and oxygen atoms in total. The molecule has 36 heavy (non-hydrogen) atoms. The summed E-state index contributed by atoms with van der Waals surface area (Å²) in [6.45, 7) is 12.0. The fourth-order valence-electron chi connectivity index (χ4n) is 6.03. The summed E-state index contributed by atoms with van der Waals surface area (Å²) in [5.41, 5.74) is 6.36. The molecule has 0 aromatic heterocycles. The maximum Gasteiger partial charge on any atom is 0.0640 e. The van der Waals surface area contributed by atoms with Crippen molar-refractivity contribution < 1.29 is 10.4 Å². The lowest BCUT2D eigenvalue weighted by atomic mass is 9.78. The van der Waals surface area contributed by atoms with Crippen LogP contribution >= 0.6 is 0 Å². The Morgan fingerprint density at radius 2 is 0.889 bits per heavy atom. The van der Waals surface area contributed by atoms with Crippen LogP contribution in [-0.4, -0.2) is 21.5 Å². The second-order valence-electron chi connectivity index (χ2n) is 12.9. The Balaban J connectivity index is 1.84. The minimum absolute atomic E-state index is 0.363. The highest BCUT2D eigenvalue weighted by molar-refractivity contribution is 5.84. The lowest BCUT2D eigenvalue weighted by molar-refractivity contribution is 0.181. The summed E-state index contributed by atoms with van der Waals surface area (Å²) < 4.78 is 0. The Hall–Kier alpha value is -2.30. The fraction of sp³-hybridized carbons (Fsp3) is 0.562. The first-order chi connectivity index (χ1) is 17.0. The summed E-state index contributed by atoms with van der Waals surface area (Å²) in [4.78, 5) is 0. The largest absolute Gasteiger partial charge is 0.288 e. The lowest BCUT2D eigenvalue weighted by Gasteiger charge is -2.32. The smallest absolute Gasteiger partial charge is 0.0640 e. The molecule has 0 spiro atoms. The van der Waals surface area contributed by atoms with Crippen molar-refractivity contribution >= 4 is 16.9 Å². The van der Waals surface area contributed by atoms with E-state index in [-0.39, 0.29) is 11.1 Å². The van der Waals surface area contributed by atoms with E-state index in [1.54, 1.807) is 5.57 Å². The van der Waals surface area contributed by atoms with Crippen LogP contribution in [0.15, 0.2) is 54.1 Å². The molecule has 4 heteroatoms. The fourth-order valence-corrected chi connectivity index (χ4v) is 6.03. The maximum atomic E-state index is 10.7. The number of nitrogens with zero attached hydrogens (tertiary/aromatic N) is 2. The van der Waals surface area contributed by atoms with Crippen molar-refractivity contribution in [3.63, 3.8) is 0 Å². The van der Waals surface area contributed by atoms with Gasteiger partial charge in [0, 0.05) is 0 Å². The van der Waals surface area contributed by atoms with Gasteiger partial charge in [0.2, 0.25) is 0 Å². The quantitative estimate of drug-likeness (QED) is 0.420. The molecule has 2 fully saturated rings. The summed E-state index contributed by atoms with van der Waals surface area (Å²) in [5.74, 6) is 1.28. The number of fused-ring (bicyclic) bond motifs is 2. The van der Waals surface area contributed by atoms with Gasteiger partial charge in [0.1, 0.15) is 0 Å². The van der Waals surface area contributed by atoms with Gasteiger partial charge in [0.15, 0.2) is 0 Å². The monoisotopic (exact) mass is 490 g/mol. The van der Waals surface area contributed by atoms with Crippen LogP contribution in [0.3, 0.4) is 0 Å². The molecule has 2 N–H and O–H groups in total. The molecule has 196 valence electrons. The zero-order valence-electron chi connectivity index (χ0n) is 23.2. The first-order valence-corrected chi connectivity index (χ1v) is 13.9. The number of hydrogen-bond acceptors (Lipinski definition) is 4. The van der Waals surface area contributed by atoms with Crippen LogP contribution in [0.1, 0.15) is 104 Å². The third-order valence-electron chi connectivity index (χ3n) is 7.95. The Morgan fingerprint density at radius 3 is 1.17 bits per heavy atom. The van der Waals surface area contributed by atoms with E-state index in [4.69, 9.17) is 0 Å². The second kappa shape index (κ2) is 10.6. The molecule has 2 bridgehead atoms. The van der Waals surface area contributed by atoms with Gasteiger partial charge < -0.3 is 0 Å². The number of rotatable bonds is 4. The zero-order valence-corrected chi connectivity index (χ0v) is 23.2. The van der Waals surface area contributed by atoms with Crippen LogP contribution in [0, 0.1) is 11.8 Å². The Kier molecular flexibility index (Phi) is 7.87. The molecule has 0 radical (unpaired) electrons. The number of hydroxylamine groups is 2. The summed E-state index contributed by atoms with van der Waals surface area (Å²) in [6.07, 6.45) is 10.4. The number of anilines is 2. The Morgan fingerprint density at radius 1 is 0.583 bits per heavy atom. The van der Waals surface area contributed by atoms with Gasteiger partial charge in [-0.3, -0.25) is 20.5 Å². The predicted molar refractivity (Wildman–Crippen MR) is 151 cm³/mol. The van der Waals surface area contributed by atoms with E-state index in [9.17, 15) is 10.4 Å². The zero-order chi connectivity index (χ0) is 26.1. The molecule has 0 amide bonds. The van der Waals surface area contributed by atoms with E-state index in [2.05, 4.69) is 24.3 Å². The van der Waals surface area contributed by atoms with Gasteiger partial charge in [-0.1, -0.05) is 55.5 Å². The van der Waals surface area contributed by atoms with Crippen LogP contribution < -0.4 is 10.1 Å². The van der Waals surface area contributed by atoms with Gasteiger partial charge in [-0.05, 0) is 120 Å². The molecule has 2 aromatic rings. The number of hydrogen-bond donors (Lipinski definition) is 2. The van der Waals surface area contributed by atoms with Gasteiger partial charge in [-0.2, -0.15) is 0 Å². The summed E-state index contributed by atoms with van der Waals surface area (Å²) in [5, 5.41) is 24.1. The first-order valence-electron chi connectivity index (χ1n) is 13.9. The van der Waals surface area contributed by atoms with Crippen LogP contribution in [0.5, 0.6) is 0 Å². The van der Waals surface area contributed by atoms with Gasteiger partial charge in [-0.25, -0.2) is 0 Å². The van der Waals surface area contributed by atoms with E-state index in [1.807, 2.05) is 65.8 Å². The molecular formula is C32H46N2O2. The average molecular weight is 491 g/mol. The minimum Gasteiger partial charge on any atom is -0.288 e. The average Bonchev–Trinajstić information content (AvgIpc) is 3.16. The van der Waals surface area contributed by atoms with Crippen LogP contribution in [0.2, 0.25) is 0 Å². The number of benzene rings is 2. The molecule has 0 heterocycles. The molecule has 0 aliphatic heterocycles. The molecule has 0 atom stereocenters. The summed E-state index contributed by atoms with van der Waals surface area (Å²) >= 11 is 0. The van der Waals surface area contributed by atoms with Gasteiger partial charge in [-0.15, -0.1) is 0 Å². The van der Waals surface area contributed by atoms with Crippen LogP contribution in [-0.2, 0) is 0 Å². The van der Waals surface area contributed by atoms with E-state index in [0.29, 0.717) is 11.8 Å². The normalized spacial score (nSPS) is 20.9. The van der Waals surface area contributed by atoms with E-state index in [0.717, 1.165) is 11.4 Å². The second-order valence-corrected chi connectivity index (χ2v) is 12.9. The predicted octanol–water partition coefficient (Wildman–Crippen LogP) is 8.86. The van der Waals surface area contributed by atoms with Crippen molar-refractivity contribution in [2.24, 2.45) is 11.8 Å². The van der Waals surface area contributed by atoms with Crippen molar-refractivity contribution in [3.8, 4) is 0 Å². The van der Waals surface area contributed by atoms with Crippen molar-refractivity contribution in [3.05, 3.63) is 65.2 Å². The van der Waals surface area contributed by atoms with Gasteiger partial charge in [0.25, 0.3) is 0 Å². The standard InChI is InChI=1S/C32H46N2O2/c1-31(2,3)33(35)27-19-15-25(16-20-27)30(26-17-21-28(22-18-26)34(36)32(4,5)6)29-23-11-7-8-12-24(29)14-10-9-13-23/h15-24,35-36H,7-14H2,1-6H3. The number of allylic oxidation sites excluding steroid dienone is 1. The topological polar surface area (TPSA) is 46.9 Å². The molecule has 0 unspecified atom stereocenters. The molecule has 0 saturated heterocycles. The van der Waals surface area contributed by atoms with Crippen molar-refractivity contribution in [2.45, 2.75) is 104 Å². The molecular weight excluding hydrogens is 444 g/mol. The lowest BCUT2D eigenvalue weighted by Crippen LogP contribution is -2.38.